The minimum absolute atomic E-state index is 0.190. The molecule has 0 unspecified atom stereocenters. The Labute approximate surface area is 126 Å². The summed E-state index contributed by atoms with van der Waals surface area (Å²) in [5.74, 6) is -0.761. The standard InChI is InChI=1S/C15H11N3O2S/c16-12(21)8-9-3-5-10(6-4-9)18-14(19)11-2-1-7-17-13(11)15(18)20/h1-7H,8H2,(H2,16,21). The number of nitrogens with two attached hydrogens (primary N) is 1. The third kappa shape index (κ3) is 2.30. The van der Waals surface area contributed by atoms with Gasteiger partial charge >= 0.3 is 0 Å². The maximum atomic E-state index is 12.3. The van der Waals surface area contributed by atoms with Crippen LogP contribution in [0.4, 0.5) is 5.69 Å². The average Bonchev–Trinajstić information content (AvgIpc) is 2.72. The first kappa shape index (κ1) is 13.4. The number of anilines is 1. The number of nitrogens with zero attached hydrogens (tertiary/aromatic N) is 2. The molecule has 0 saturated carbocycles. The van der Waals surface area contributed by atoms with Gasteiger partial charge in [-0.1, -0.05) is 24.4 Å². The van der Waals surface area contributed by atoms with Crippen molar-refractivity contribution in [1.82, 2.24) is 4.98 Å². The molecule has 1 aliphatic rings. The maximum Gasteiger partial charge on any atom is 0.284 e. The molecule has 2 N–H and O–H groups in total. The van der Waals surface area contributed by atoms with Gasteiger partial charge in [0.15, 0.2) is 0 Å². The first-order valence-electron chi connectivity index (χ1n) is 6.29. The fourth-order valence-corrected chi connectivity index (χ4v) is 2.43. The van der Waals surface area contributed by atoms with Gasteiger partial charge in [-0.3, -0.25) is 14.6 Å². The van der Waals surface area contributed by atoms with Crippen LogP contribution in [-0.2, 0) is 6.42 Å². The summed E-state index contributed by atoms with van der Waals surface area (Å²) in [7, 11) is 0. The number of thiocarbonyl (C=S) groups is 1. The third-order valence-electron chi connectivity index (χ3n) is 3.22. The van der Waals surface area contributed by atoms with Crippen molar-refractivity contribution in [2.24, 2.45) is 5.73 Å². The van der Waals surface area contributed by atoms with Gasteiger partial charge in [0.05, 0.1) is 16.2 Å². The van der Waals surface area contributed by atoms with Gasteiger partial charge in [-0.2, -0.15) is 0 Å². The van der Waals surface area contributed by atoms with Gasteiger partial charge in [0.2, 0.25) is 0 Å². The second-order valence-electron chi connectivity index (χ2n) is 4.65. The second-order valence-corrected chi connectivity index (χ2v) is 5.18. The molecule has 0 bridgehead atoms. The molecule has 2 heterocycles. The Bertz CT molecular complexity index is 721. The Morgan fingerprint density at radius 1 is 1.14 bits per heavy atom. The zero-order valence-electron chi connectivity index (χ0n) is 10.9. The molecule has 3 rings (SSSR count). The van der Waals surface area contributed by atoms with E-state index in [9.17, 15) is 9.59 Å². The summed E-state index contributed by atoms with van der Waals surface area (Å²) in [5, 5.41) is 0. The molecule has 1 aromatic heterocycles. The molecule has 21 heavy (non-hydrogen) atoms. The van der Waals surface area contributed by atoms with E-state index in [1.54, 1.807) is 36.4 Å². The molecule has 2 aromatic rings. The SMILES string of the molecule is NC(=S)Cc1ccc(N2C(=O)c3cccnc3C2=O)cc1. The number of hydrogen-bond donors (Lipinski definition) is 1. The molecular formula is C15H11N3O2S. The number of benzene rings is 1. The van der Waals surface area contributed by atoms with Crippen LogP contribution < -0.4 is 10.6 Å². The van der Waals surface area contributed by atoms with E-state index in [2.05, 4.69) is 4.98 Å². The fourth-order valence-electron chi connectivity index (χ4n) is 2.27. The van der Waals surface area contributed by atoms with E-state index in [0.717, 1.165) is 10.5 Å². The summed E-state index contributed by atoms with van der Waals surface area (Å²) in [6, 6.07) is 10.2. The highest BCUT2D eigenvalue weighted by molar-refractivity contribution is 7.80. The van der Waals surface area contributed by atoms with Crippen molar-refractivity contribution in [1.29, 1.82) is 0 Å². The topological polar surface area (TPSA) is 76.3 Å². The van der Waals surface area contributed by atoms with Crippen LogP contribution in [0.2, 0.25) is 0 Å². The zero-order chi connectivity index (χ0) is 15.0. The van der Waals surface area contributed by atoms with Crippen LogP contribution in [0.15, 0.2) is 42.6 Å². The van der Waals surface area contributed by atoms with Gasteiger partial charge in [-0.15, -0.1) is 0 Å². The van der Waals surface area contributed by atoms with Crippen molar-refractivity contribution < 1.29 is 9.59 Å². The summed E-state index contributed by atoms with van der Waals surface area (Å²) in [4.78, 5) is 30.1. The Balaban J connectivity index is 1.94. The van der Waals surface area contributed by atoms with Crippen LogP contribution in [0, 0.1) is 0 Å². The predicted molar refractivity (Wildman–Crippen MR) is 82.3 cm³/mol. The number of imide groups is 1. The Morgan fingerprint density at radius 3 is 2.48 bits per heavy atom. The van der Waals surface area contributed by atoms with E-state index < -0.39 is 5.91 Å². The van der Waals surface area contributed by atoms with Gasteiger partial charge in [0.25, 0.3) is 11.8 Å². The van der Waals surface area contributed by atoms with Crippen LogP contribution in [0.25, 0.3) is 0 Å². The Hall–Kier alpha value is -2.60. The quantitative estimate of drug-likeness (QED) is 0.689. The molecule has 0 aliphatic carbocycles. The van der Waals surface area contributed by atoms with E-state index in [1.807, 2.05) is 0 Å². The van der Waals surface area contributed by atoms with Crippen molar-refractivity contribution in [2.45, 2.75) is 6.42 Å². The Morgan fingerprint density at radius 2 is 1.86 bits per heavy atom. The minimum atomic E-state index is -0.405. The lowest BCUT2D eigenvalue weighted by Crippen LogP contribution is -2.29. The van der Waals surface area contributed by atoms with Crippen molar-refractivity contribution in [3.8, 4) is 0 Å². The number of rotatable bonds is 3. The van der Waals surface area contributed by atoms with E-state index in [4.69, 9.17) is 18.0 Å². The molecular weight excluding hydrogens is 286 g/mol. The highest BCUT2D eigenvalue weighted by Crippen LogP contribution is 2.27. The fraction of sp³-hybridized carbons (Fsp3) is 0.0667. The molecule has 104 valence electrons. The summed E-state index contributed by atoms with van der Waals surface area (Å²) >= 11 is 4.85. The van der Waals surface area contributed by atoms with E-state index in [1.165, 1.54) is 6.20 Å². The molecule has 6 heteroatoms. The number of carbonyl (C=O) groups is 2. The first-order chi connectivity index (χ1) is 10.1. The van der Waals surface area contributed by atoms with Gasteiger partial charge in [-0.05, 0) is 29.8 Å². The van der Waals surface area contributed by atoms with Crippen LogP contribution in [0.5, 0.6) is 0 Å². The van der Waals surface area contributed by atoms with Crippen molar-refractivity contribution >= 4 is 34.7 Å². The number of fused-ring (bicyclic) bond motifs is 1. The monoisotopic (exact) mass is 297 g/mol. The predicted octanol–water partition coefficient (Wildman–Crippen LogP) is 1.71. The van der Waals surface area contributed by atoms with Crippen molar-refractivity contribution in [3.63, 3.8) is 0 Å². The largest absolute Gasteiger partial charge is 0.393 e. The van der Waals surface area contributed by atoms with Gasteiger partial charge in [-0.25, -0.2) is 4.90 Å². The molecule has 1 aromatic carbocycles. The summed E-state index contributed by atoms with van der Waals surface area (Å²) in [5.41, 5.74) is 7.45. The number of pyridine rings is 1. The lowest BCUT2D eigenvalue weighted by Gasteiger charge is -2.14. The number of hydrogen-bond acceptors (Lipinski definition) is 4. The van der Waals surface area contributed by atoms with Crippen LogP contribution in [0.1, 0.15) is 26.4 Å². The summed E-state index contributed by atoms with van der Waals surface area (Å²) < 4.78 is 0. The first-order valence-corrected chi connectivity index (χ1v) is 6.70. The summed E-state index contributed by atoms with van der Waals surface area (Å²) in [6.07, 6.45) is 1.98. The average molecular weight is 297 g/mol. The minimum Gasteiger partial charge on any atom is -0.393 e. The molecule has 0 spiro atoms. The van der Waals surface area contributed by atoms with E-state index in [-0.39, 0.29) is 11.6 Å². The number of amides is 2. The number of aromatic nitrogens is 1. The Kier molecular flexibility index (Phi) is 3.23. The molecule has 5 nitrogen and oxygen atoms in total. The molecule has 0 atom stereocenters. The van der Waals surface area contributed by atoms with Gasteiger partial charge in [0.1, 0.15) is 5.69 Å². The molecule has 0 radical (unpaired) electrons. The highest BCUT2D eigenvalue weighted by atomic mass is 32.1. The lowest BCUT2D eigenvalue weighted by atomic mass is 10.1. The third-order valence-corrected chi connectivity index (χ3v) is 3.36. The normalized spacial score (nSPS) is 13.4. The molecule has 2 amide bonds. The van der Waals surface area contributed by atoms with Crippen molar-refractivity contribution in [2.75, 3.05) is 4.90 Å². The van der Waals surface area contributed by atoms with Crippen LogP contribution in [0.3, 0.4) is 0 Å². The van der Waals surface area contributed by atoms with Crippen molar-refractivity contribution in [3.05, 3.63) is 59.4 Å². The van der Waals surface area contributed by atoms with E-state index in [0.29, 0.717) is 22.7 Å². The molecule has 0 saturated heterocycles. The molecule has 1 aliphatic heterocycles. The van der Waals surface area contributed by atoms with Crippen LogP contribution in [-0.4, -0.2) is 21.8 Å². The second kappa shape index (κ2) is 5.06. The summed E-state index contributed by atoms with van der Waals surface area (Å²) in [6.45, 7) is 0. The number of carbonyl (C=O) groups excluding carboxylic acids is 2. The van der Waals surface area contributed by atoms with Gasteiger partial charge < -0.3 is 5.73 Å². The maximum absolute atomic E-state index is 12.3. The van der Waals surface area contributed by atoms with Crippen LogP contribution >= 0.6 is 12.2 Å². The highest BCUT2D eigenvalue weighted by Gasteiger charge is 2.37. The lowest BCUT2D eigenvalue weighted by molar-refractivity contribution is 0.0924. The van der Waals surface area contributed by atoms with E-state index >= 15 is 0 Å². The zero-order valence-corrected chi connectivity index (χ0v) is 11.8. The molecule has 0 fully saturated rings. The smallest absolute Gasteiger partial charge is 0.284 e. The van der Waals surface area contributed by atoms with Gasteiger partial charge in [0, 0.05) is 12.6 Å².